The van der Waals surface area contributed by atoms with E-state index in [-0.39, 0.29) is 6.61 Å². The molecule has 26 heavy (non-hydrogen) atoms. The molecule has 0 fully saturated rings. The molecule has 10 heteroatoms. The van der Waals surface area contributed by atoms with E-state index in [0.29, 0.717) is 6.42 Å². The lowest BCUT2D eigenvalue weighted by molar-refractivity contribution is -0.339. The Bertz CT molecular complexity index is 713. The molecule has 146 valence electrons. The average Bonchev–Trinajstić information content (AvgIpc) is 2.51. The van der Waals surface area contributed by atoms with Gasteiger partial charge in [0.05, 0.1) is 14.4 Å². The Morgan fingerprint density at radius 2 is 1.73 bits per heavy atom. The first kappa shape index (κ1) is 23.3. The van der Waals surface area contributed by atoms with Gasteiger partial charge in [0.25, 0.3) is 7.82 Å². The van der Waals surface area contributed by atoms with Gasteiger partial charge < -0.3 is 23.8 Å². The second-order valence-electron chi connectivity index (χ2n) is 5.51. The molecular formula is C16H21O7P2S-3. The van der Waals surface area contributed by atoms with Gasteiger partial charge in [-0.25, -0.2) is 0 Å². The minimum atomic E-state index is -5.64. The summed E-state index contributed by atoms with van der Waals surface area (Å²) < 4.78 is 29.0. The molecule has 1 aromatic carbocycles. The summed E-state index contributed by atoms with van der Waals surface area (Å²) in [6.07, 6.45) is 5.09. The molecule has 7 nitrogen and oxygen atoms in total. The largest absolute Gasteiger partial charge is 0.790 e. The van der Waals surface area contributed by atoms with Gasteiger partial charge in [0.15, 0.2) is 0 Å². The SMILES string of the molecule is C/C(=C\COP(=O)([O-])OP(=O)([O-])[O-])CC/C=C(\C)CSc1ccccc1. The number of allylic oxidation sites excluding steroid dienone is 2. The Kier molecular flexibility index (Phi) is 10.1. The zero-order chi connectivity index (χ0) is 19.6. The molecule has 0 N–H and O–H groups in total. The van der Waals surface area contributed by atoms with Crippen LogP contribution in [0.15, 0.2) is 58.5 Å². The Labute approximate surface area is 158 Å². The van der Waals surface area contributed by atoms with Crippen molar-refractivity contribution in [3.63, 3.8) is 0 Å². The van der Waals surface area contributed by atoms with Crippen molar-refractivity contribution < 1.29 is 32.6 Å². The molecule has 0 aliphatic rings. The Morgan fingerprint density at radius 1 is 1.08 bits per heavy atom. The molecule has 1 atom stereocenters. The lowest BCUT2D eigenvalue weighted by Gasteiger charge is -2.34. The third-order valence-corrected chi connectivity index (χ3v) is 6.38. The van der Waals surface area contributed by atoms with Crippen LogP contribution >= 0.6 is 27.4 Å². The zero-order valence-corrected chi connectivity index (χ0v) is 17.1. The lowest BCUT2D eigenvalue weighted by atomic mass is 10.1. The highest BCUT2D eigenvalue weighted by molar-refractivity contribution is 7.99. The fraction of sp³-hybridized carbons (Fsp3) is 0.375. The molecule has 0 radical (unpaired) electrons. The van der Waals surface area contributed by atoms with Crippen molar-refractivity contribution in [2.24, 2.45) is 0 Å². The van der Waals surface area contributed by atoms with Gasteiger partial charge in [0.2, 0.25) is 0 Å². The zero-order valence-electron chi connectivity index (χ0n) is 14.5. The van der Waals surface area contributed by atoms with Gasteiger partial charge in [-0.05, 0) is 38.8 Å². The summed E-state index contributed by atoms with van der Waals surface area (Å²) in [6.45, 7) is 3.46. The second-order valence-corrected chi connectivity index (χ2v) is 9.26. The van der Waals surface area contributed by atoms with Gasteiger partial charge in [-0.15, -0.1) is 11.8 Å². The normalized spacial score (nSPS) is 15.7. The van der Waals surface area contributed by atoms with Crippen molar-refractivity contribution >= 4 is 27.4 Å². The Hall–Kier alpha value is -0.690. The van der Waals surface area contributed by atoms with Crippen LogP contribution in [0.3, 0.4) is 0 Å². The molecule has 0 aliphatic carbocycles. The maximum Gasteiger partial charge on any atom is 0.272 e. The fourth-order valence-electron chi connectivity index (χ4n) is 1.84. The molecular weight excluding hydrogens is 398 g/mol. The van der Waals surface area contributed by atoms with Gasteiger partial charge in [-0.1, -0.05) is 41.5 Å². The summed E-state index contributed by atoms with van der Waals surface area (Å²) in [6, 6.07) is 10.1. The molecule has 0 heterocycles. The van der Waals surface area contributed by atoms with Gasteiger partial charge >= 0.3 is 0 Å². The van der Waals surface area contributed by atoms with Crippen LogP contribution < -0.4 is 14.7 Å². The highest BCUT2D eigenvalue weighted by atomic mass is 32.2. The van der Waals surface area contributed by atoms with Crippen LogP contribution in [0.5, 0.6) is 0 Å². The number of hydrogen-bond donors (Lipinski definition) is 0. The average molecular weight is 419 g/mol. The predicted octanol–water partition coefficient (Wildman–Crippen LogP) is 2.78. The van der Waals surface area contributed by atoms with Crippen molar-refractivity contribution in [3.05, 3.63) is 53.6 Å². The molecule has 0 spiro atoms. The van der Waals surface area contributed by atoms with Crippen LogP contribution in [0.25, 0.3) is 0 Å². The van der Waals surface area contributed by atoms with E-state index in [9.17, 15) is 23.8 Å². The number of hydrogen-bond acceptors (Lipinski definition) is 8. The first-order valence-corrected chi connectivity index (χ1v) is 11.7. The summed E-state index contributed by atoms with van der Waals surface area (Å²) in [5, 5.41) is 0. The number of phosphoric ester groups is 1. The van der Waals surface area contributed by atoms with E-state index in [1.165, 1.54) is 16.5 Å². The molecule has 0 aliphatic heterocycles. The van der Waals surface area contributed by atoms with Gasteiger partial charge in [-0.2, -0.15) is 0 Å². The third-order valence-electron chi connectivity index (χ3n) is 3.11. The van der Waals surface area contributed by atoms with Crippen LogP contribution in [0.2, 0.25) is 0 Å². The van der Waals surface area contributed by atoms with Crippen LogP contribution in [0.4, 0.5) is 0 Å². The van der Waals surface area contributed by atoms with Crippen LogP contribution in [-0.2, 0) is 18.0 Å². The first-order chi connectivity index (χ1) is 12.1. The number of benzene rings is 1. The van der Waals surface area contributed by atoms with Gasteiger partial charge in [-0.3, -0.25) is 8.88 Å². The van der Waals surface area contributed by atoms with Gasteiger partial charge in [0.1, 0.15) is 0 Å². The van der Waals surface area contributed by atoms with Crippen LogP contribution in [0.1, 0.15) is 26.7 Å². The smallest absolute Gasteiger partial charge is 0.272 e. The van der Waals surface area contributed by atoms with Gasteiger partial charge in [0, 0.05) is 10.6 Å². The number of thioether (sulfide) groups is 1. The van der Waals surface area contributed by atoms with Crippen molar-refractivity contribution in [2.75, 3.05) is 12.4 Å². The maximum atomic E-state index is 11.1. The summed E-state index contributed by atoms with van der Waals surface area (Å²) >= 11 is 1.75. The first-order valence-electron chi connectivity index (χ1n) is 7.75. The van der Waals surface area contributed by atoms with E-state index in [1.807, 2.05) is 25.1 Å². The minimum absolute atomic E-state index is 0.390. The molecule has 0 saturated carbocycles. The van der Waals surface area contributed by atoms with E-state index < -0.39 is 15.6 Å². The summed E-state index contributed by atoms with van der Waals surface area (Å²) in [7, 11) is -10.8. The summed E-state index contributed by atoms with van der Waals surface area (Å²) in [4.78, 5) is 32.8. The van der Waals surface area contributed by atoms with E-state index in [1.54, 1.807) is 18.7 Å². The minimum Gasteiger partial charge on any atom is -0.790 e. The second kappa shape index (κ2) is 11.2. The molecule has 1 rings (SSSR count). The van der Waals surface area contributed by atoms with Crippen molar-refractivity contribution in [3.8, 4) is 0 Å². The fourth-order valence-corrected chi connectivity index (χ4v) is 4.13. The van der Waals surface area contributed by atoms with Crippen LogP contribution in [0, 0.1) is 0 Å². The lowest BCUT2D eigenvalue weighted by Crippen LogP contribution is -2.19. The quantitative estimate of drug-likeness (QED) is 0.305. The Morgan fingerprint density at radius 3 is 2.35 bits per heavy atom. The Balaban J connectivity index is 2.31. The molecule has 1 aromatic rings. The summed E-state index contributed by atoms with van der Waals surface area (Å²) in [5.41, 5.74) is 2.11. The predicted molar refractivity (Wildman–Crippen MR) is 96.2 cm³/mol. The van der Waals surface area contributed by atoms with Crippen molar-refractivity contribution in [1.29, 1.82) is 0 Å². The molecule has 0 bridgehead atoms. The standard InChI is InChI=1S/C16H24O7P2S/c1-14(11-12-22-25(20,21)23-24(17,18)19)7-6-8-15(2)13-26-16-9-4-3-5-10-16/h3-5,8-11H,6-7,12-13H2,1-2H3,(H,20,21)(H2,17,18,19)/p-3/b14-11+,15-8+. The van der Waals surface area contributed by atoms with E-state index in [4.69, 9.17) is 0 Å². The molecule has 0 saturated heterocycles. The number of rotatable bonds is 11. The summed E-state index contributed by atoms with van der Waals surface area (Å²) in [5.74, 6) is 0.886. The van der Waals surface area contributed by atoms with E-state index >= 15 is 0 Å². The van der Waals surface area contributed by atoms with E-state index in [2.05, 4.69) is 27.0 Å². The molecule has 0 aromatic heterocycles. The highest BCUT2D eigenvalue weighted by Crippen LogP contribution is 2.50. The highest BCUT2D eigenvalue weighted by Gasteiger charge is 2.10. The van der Waals surface area contributed by atoms with Crippen molar-refractivity contribution in [2.45, 2.75) is 31.6 Å². The monoisotopic (exact) mass is 419 g/mol. The molecule has 1 unspecified atom stereocenters. The van der Waals surface area contributed by atoms with E-state index in [0.717, 1.165) is 17.7 Å². The third kappa shape index (κ3) is 11.8. The van der Waals surface area contributed by atoms with Crippen molar-refractivity contribution in [1.82, 2.24) is 0 Å². The number of phosphoric acid groups is 2. The maximum absolute atomic E-state index is 11.1. The molecule has 0 amide bonds. The van der Waals surface area contributed by atoms with Crippen LogP contribution in [-0.4, -0.2) is 12.4 Å². The topological polar surface area (TPSA) is 122 Å².